The van der Waals surface area contributed by atoms with Crippen LogP contribution in [0, 0.1) is 0 Å². The number of methoxy groups -OCH3 is 1. The maximum Gasteiger partial charge on any atom is 0.310 e. The van der Waals surface area contributed by atoms with Gasteiger partial charge >= 0.3 is 5.97 Å². The highest BCUT2D eigenvalue weighted by atomic mass is 35.5. The van der Waals surface area contributed by atoms with Crippen molar-refractivity contribution in [1.29, 1.82) is 0 Å². The minimum absolute atomic E-state index is 0.0350. The summed E-state index contributed by atoms with van der Waals surface area (Å²) >= 11 is 6.01. The van der Waals surface area contributed by atoms with Crippen LogP contribution in [-0.2, 0) is 22.5 Å². The van der Waals surface area contributed by atoms with Crippen molar-refractivity contribution in [3.63, 3.8) is 0 Å². The zero-order valence-electron chi connectivity index (χ0n) is 13.0. The predicted octanol–water partition coefficient (Wildman–Crippen LogP) is 3.48. The number of hydrogen-bond donors (Lipinski definition) is 1. The standard InChI is InChI=1S/C14H14ClN3O2.C2H6/c1-20-12(19)7-11-13(15)17-9-18-14(11)16-8-10-5-3-2-4-6-10;1-2/h2-6,9H,7-8H2,1H3,(H,16,17,18);1-2H3. The molecule has 0 fully saturated rings. The minimum atomic E-state index is -0.385. The van der Waals surface area contributed by atoms with Gasteiger partial charge in [-0.1, -0.05) is 55.8 Å². The molecular weight excluding hydrogens is 302 g/mol. The van der Waals surface area contributed by atoms with Crippen molar-refractivity contribution < 1.29 is 9.53 Å². The van der Waals surface area contributed by atoms with Crippen molar-refractivity contribution in [2.45, 2.75) is 26.8 Å². The van der Waals surface area contributed by atoms with Gasteiger partial charge in [-0.15, -0.1) is 0 Å². The maximum absolute atomic E-state index is 11.4. The number of esters is 1. The van der Waals surface area contributed by atoms with E-state index >= 15 is 0 Å². The number of aromatic nitrogens is 2. The average molecular weight is 322 g/mol. The van der Waals surface area contributed by atoms with Crippen LogP contribution >= 0.6 is 11.6 Å². The lowest BCUT2D eigenvalue weighted by Crippen LogP contribution is -2.11. The van der Waals surface area contributed by atoms with Gasteiger partial charge in [0, 0.05) is 12.1 Å². The number of nitrogens with one attached hydrogen (secondary N) is 1. The molecule has 0 radical (unpaired) electrons. The van der Waals surface area contributed by atoms with Gasteiger partial charge in [0.2, 0.25) is 0 Å². The molecule has 6 heteroatoms. The number of anilines is 1. The summed E-state index contributed by atoms with van der Waals surface area (Å²) in [5, 5.41) is 3.41. The second-order valence-corrected chi connectivity index (χ2v) is 4.44. The normalized spacial score (nSPS) is 9.45. The summed E-state index contributed by atoms with van der Waals surface area (Å²) in [5.41, 5.74) is 1.64. The van der Waals surface area contributed by atoms with Crippen LogP contribution in [0.1, 0.15) is 25.0 Å². The SMILES string of the molecule is CC.COC(=O)Cc1c(Cl)ncnc1NCc1ccccc1. The number of nitrogens with zero attached hydrogens (tertiary/aromatic N) is 2. The Kier molecular flexibility index (Phi) is 7.92. The summed E-state index contributed by atoms with van der Waals surface area (Å²) in [4.78, 5) is 19.4. The molecule has 5 nitrogen and oxygen atoms in total. The number of rotatable bonds is 5. The van der Waals surface area contributed by atoms with Crippen LogP contribution in [0.15, 0.2) is 36.7 Å². The molecule has 0 atom stereocenters. The molecule has 118 valence electrons. The number of carbonyl (C=O) groups excluding carboxylic acids is 1. The van der Waals surface area contributed by atoms with Crippen molar-refractivity contribution in [3.05, 3.63) is 52.9 Å². The summed E-state index contributed by atoms with van der Waals surface area (Å²) in [7, 11) is 1.33. The Balaban J connectivity index is 0.00000116. The van der Waals surface area contributed by atoms with Gasteiger partial charge in [-0.05, 0) is 5.56 Å². The molecule has 0 saturated carbocycles. The highest BCUT2D eigenvalue weighted by Gasteiger charge is 2.14. The van der Waals surface area contributed by atoms with Crippen LogP contribution in [0.4, 0.5) is 5.82 Å². The number of carbonyl (C=O) groups is 1. The smallest absolute Gasteiger partial charge is 0.310 e. The average Bonchev–Trinajstić information content (AvgIpc) is 2.58. The first-order valence-corrected chi connectivity index (χ1v) is 7.42. The van der Waals surface area contributed by atoms with Crippen LogP contribution in [0.2, 0.25) is 5.15 Å². The quantitative estimate of drug-likeness (QED) is 0.674. The molecule has 0 saturated heterocycles. The van der Waals surface area contributed by atoms with E-state index in [0.717, 1.165) is 5.56 Å². The molecule has 0 aliphatic carbocycles. The molecule has 1 aromatic carbocycles. The third kappa shape index (κ3) is 5.33. The van der Waals surface area contributed by atoms with E-state index in [4.69, 9.17) is 11.6 Å². The van der Waals surface area contributed by atoms with Crippen LogP contribution < -0.4 is 5.32 Å². The third-order valence-corrected chi connectivity index (χ3v) is 3.07. The second kappa shape index (κ2) is 9.73. The van der Waals surface area contributed by atoms with Gasteiger partial charge in [-0.2, -0.15) is 0 Å². The first-order chi connectivity index (χ1) is 10.7. The highest BCUT2D eigenvalue weighted by Crippen LogP contribution is 2.21. The molecular formula is C16H20ClN3O2. The molecule has 0 amide bonds. The Hall–Kier alpha value is -2.14. The van der Waals surface area contributed by atoms with Crippen LogP contribution in [-0.4, -0.2) is 23.0 Å². The van der Waals surface area contributed by atoms with Crippen LogP contribution in [0.5, 0.6) is 0 Å². The number of benzene rings is 1. The monoisotopic (exact) mass is 321 g/mol. The van der Waals surface area contributed by atoms with Crippen LogP contribution in [0.25, 0.3) is 0 Å². The van der Waals surface area contributed by atoms with Crippen molar-refractivity contribution in [3.8, 4) is 0 Å². The molecule has 0 unspecified atom stereocenters. The third-order valence-electron chi connectivity index (χ3n) is 2.74. The molecule has 0 bridgehead atoms. The summed E-state index contributed by atoms with van der Waals surface area (Å²) in [6, 6.07) is 9.86. The molecule has 0 aliphatic rings. The zero-order chi connectivity index (χ0) is 16.4. The summed E-state index contributed by atoms with van der Waals surface area (Å²) in [6.07, 6.45) is 1.39. The minimum Gasteiger partial charge on any atom is -0.469 e. The first kappa shape index (κ1) is 17.9. The van der Waals surface area contributed by atoms with Crippen molar-refractivity contribution >= 4 is 23.4 Å². The van der Waals surface area contributed by atoms with Gasteiger partial charge in [-0.3, -0.25) is 4.79 Å². The second-order valence-electron chi connectivity index (χ2n) is 4.08. The Labute approximate surface area is 135 Å². The van der Waals surface area contributed by atoms with Gasteiger partial charge in [0.25, 0.3) is 0 Å². The van der Waals surface area contributed by atoms with Crippen molar-refractivity contribution in [2.24, 2.45) is 0 Å². The number of ether oxygens (including phenoxy) is 1. The number of hydrogen-bond acceptors (Lipinski definition) is 5. The van der Waals surface area contributed by atoms with E-state index in [0.29, 0.717) is 17.9 Å². The number of halogens is 1. The van der Waals surface area contributed by atoms with Gasteiger partial charge < -0.3 is 10.1 Å². The van der Waals surface area contributed by atoms with Crippen molar-refractivity contribution in [1.82, 2.24) is 9.97 Å². The van der Waals surface area contributed by atoms with Gasteiger partial charge in [0.1, 0.15) is 17.3 Å². The fourth-order valence-electron chi connectivity index (χ4n) is 1.70. The van der Waals surface area contributed by atoms with E-state index in [1.807, 2.05) is 44.2 Å². The lowest BCUT2D eigenvalue weighted by atomic mass is 10.2. The molecule has 0 spiro atoms. The Bertz CT molecular complexity index is 591. The van der Waals surface area contributed by atoms with E-state index in [9.17, 15) is 4.79 Å². The molecule has 2 rings (SSSR count). The Morgan fingerprint density at radius 1 is 1.23 bits per heavy atom. The van der Waals surface area contributed by atoms with E-state index < -0.39 is 0 Å². The molecule has 2 aromatic rings. The molecule has 1 N–H and O–H groups in total. The van der Waals surface area contributed by atoms with Gasteiger partial charge in [0.05, 0.1) is 13.5 Å². The first-order valence-electron chi connectivity index (χ1n) is 7.04. The molecule has 1 heterocycles. The topological polar surface area (TPSA) is 64.1 Å². The zero-order valence-corrected chi connectivity index (χ0v) is 13.7. The van der Waals surface area contributed by atoms with E-state index in [1.165, 1.54) is 13.4 Å². The highest BCUT2D eigenvalue weighted by molar-refractivity contribution is 6.30. The summed E-state index contributed by atoms with van der Waals surface area (Å²) < 4.78 is 4.65. The van der Waals surface area contributed by atoms with E-state index in [1.54, 1.807) is 0 Å². The van der Waals surface area contributed by atoms with Crippen molar-refractivity contribution in [2.75, 3.05) is 12.4 Å². The lowest BCUT2D eigenvalue weighted by Gasteiger charge is -2.11. The lowest BCUT2D eigenvalue weighted by molar-refractivity contribution is -0.139. The molecule has 0 aliphatic heterocycles. The fraction of sp³-hybridized carbons (Fsp3) is 0.312. The summed E-state index contributed by atoms with van der Waals surface area (Å²) in [6.45, 7) is 4.59. The van der Waals surface area contributed by atoms with E-state index in [-0.39, 0.29) is 17.5 Å². The van der Waals surface area contributed by atoms with Crippen LogP contribution in [0.3, 0.4) is 0 Å². The fourth-order valence-corrected chi connectivity index (χ4v) is 1.90. The Morgan fingerprint density at radius 3 is 2.55 bits per heavy atom. The molecule has 1 aromatic heterocycles. The van der Waals surface area contributed by atoms with Gasteiger partial charge in [0.15, 0.2) is 0 Å². The maximum atomic E-state index is 11.4. The predicted molar refractivity (Wildman–Crippen MR) is 87.9 cm³/mol. The molecule has 22 heavy (non-hydrogen) atoms. The summed E-state index contributed by atoms with van der Waals surface area (Å²) in [5.74, 6) is 0.156. The largest absolute Gasteiger partial charge is 0.469 e. The van der Waals surface area contributed by atoms with Gasteiger partial charge in [-0.25, -0.2) is 9.97 Å². The van der Waals surface area contributed by atoms with E-state index in [2.05, 4.69) is 20.0 Å². The Morgan fingerprint density at radius 2 is 1.91 bits per heavy atom.